The zero-order valence-corrected chi connectivity index (χ0v) is 17.6. The van der Waals surface area contributed by atoms with Crippen molar-refractivity contribution in [1.82, 2.24) is 4.90 Å². The lowest BCUT2D eigenvalue weighted by Gasteiger charge is -2.43. The number of halogens is 1. The highest BCUT2D eigenvalue weighted by Gasteiger charge is 2.48. The fourth-order valence-electron chi connectivity index (χ4n) is 3.37. The molecule has 1 saturated carbocycles. The van der Waals surface area contributed by atoms with Crippen LogP contribution < -0.4 is 0 Å². The maximum Gasteiger partial charge on any atom is 0.413 e. The first kappa shape index (κ1) is 22.6. The highest BCUT2D eigenvalue weighted by molar-refractivity contribution is 6.31. The van der Waals surface area contributed by atoms with E-state index in [1.54, 1.807) is 31.2 Å². The average Bonchev–Trinajstić information content (AvgIpc) is 2.72. The van der Waals surface area contributed by atoms with Crippen LogP contribution in [0.4, 0.5) is 4.79 Å². The maximum atomic E-state index is 13.0. The molecule has 1 atom stereocenters. The molecule has 156 valence electrons. The molecule has 0 N–H and O–H groups in total. The van der Waals surface area contributed by atoms with E-state index < -0.39 is 24.4 Å². The summed E-state index contributed by atoms with van der Waals surface area (Å²) in [7, 11) is 1.50. The van der Waals surface area contributed by atoms with Gasteiger partial charge in [-0.15, -0.1) is 0 Å². The Bertz CT molecular complexity index is 836. The number of ketones is 1. The third kappa shape index (κ3) is 5.03. The van der Waals surface area contributed by atoms with Crippen molar-refractivity contribution < 1.29 is 23.9 Å². The van der Waals surface area contributed by atoms with E-state index in [2.05, 4.69) is 4.99 Å². The number of benzene rings is 1. The molecule has 1 aliphatic carbocycles. The van der Waals surface area contributed by atoms with Crippen LogP contribution in [-0.4, -0.2) is 42.8 Å². The Morgan fingerprint density at radius 2 is 2.00 bits per heavy atom. The van der Waals surface area contributed by atoms with Crippen molar-refractivity contribution in [3.05, 3.63) is 46.6 Å². The Morgan fingerprint density at radius 3 is 2.66 bits per heavy atom. The molecular formula is C21H25ClN2O5. The summed E-state index contributed by atoms with van der Waals surface area (Å²) in [5, 5.41) is 0.408. The number of carbonyl (C=O) groups excluding carboxylic acids is 3. The summed E-state index contributed by atoms with van der Waals surface area (Å²) >= 11 is 6.37. The predicted octanol–water partition coefficient (Wildman–Crippen LogP) is 4.24. The van der Waals surface area contributed by atoms with Gasteiger partial charge in [-0.05, 0) is 39.2 Å². The van der Waals surface area contributed by atoms with Crippen LogP contribution in [-0.2, 0) is 24.6 Å². The molecule has 1 amide bonds. The largest absolute Gasteiger partial charge is 0.424 e. The average molecular weight is 421 g/mol. The molecule has 7 nitrogen and oxygen atoms in total. The quantitative estimate of drug-likeness (QED) is 0.297. The predicted molar refractivity (Wildman–Crippen MR) is 110 cm³/mol. The molecule has 1 aliphatic rings. The van der Waals surface area contributed by atoms with Crippen LogP contribution in [0.25, 0.3) is 0 Å². The summed E-state index contributed by atoms with van der Waals surface area (Å²) in [6.45, 7) is 2.68. The summed E-state index contributed by atoms with van der Waals surface area (Å²) in [4.78, 5) is 42.6. The summed E-state index contributed by atoms with van der Waals surface area (Å²) in [5.41, 5.74) is -0.370. The number of likely N-dealkylation sites (N-methyl/N-ethyl adjacent to an activating group) is 1. The summed E-state index contributed by atoms with van der Waals surface area (Å²) in [6, 6.07) is 6.98. The van der Waals surface area contributed by atoms with Crippen molar-refractivity contribution in [1.29, 1.82) is 0 Å². The van der Waals surface area contributed by atoms with Gasteiger partial charge in [-0.1, -0.05) is 29.8 Å². The Labute approximate surface area is 175 Å². The fourth-order valence-corrected chi connectivity index (χ4v) is 3.66. The molecule has 0 spiro atoms. The molecule has 1 aromatic rings. The van der Waals surface area contributed by atoms with Crippen molar-refractivity contribution >= 4 is 35.7 Å². The van der Waals surface area contributed by atoms with Crippen molar-refractivity contribution in [2.24, 2.45) is 4.99 Å². The molecule has 0 aromatic heterocycles. The first-order valence-corrected chi connectivity index (χ1v) is 9.73. The second kappa shape index (κ2) is 10.2. The lowest BCUT2D eigenvalue weighted by molar-refractivity contribution is -0.149. The molecule has 0 heterocycles. The van der Waals surface area contributed by atoms with E-state index in [1.807, 2.05) is 0 Å². The van der Waals surface area contributed by atoms with Crippen LogP contribution in [0.2, 0.25) is 5.02 Å². The fraction of sp³-hybridized carbons (Fsp3) is 0.429. The molecule has 0 aliphatic heterocycles. The minimum Gasteiger partial charge on any atom is -0.424 e. The van der Waals surface area contributed by atoms with E-state index in [-0.39, 0.29) is 11.4 Å². The smallest absolute Gasteiger partial charge is 0.413 e. The van der Waals surface area contributed by atoms with E-state index in [0.29, 0.717) is 23.4 Å². The van der Waals surface area contributed by atoms with Crippen LogP contribution in [0.1, 0.15) is 45.1 Å². The second-order valence-electron chi connectivity index (χ2n) is 6.71. The number of amides is 1. The third-order valence-electron chi connectivity index (χ3n) is 4.93. The van der Waals surface area contributed by atoms with E-state index in [9.17, 15) is 14.4 Å². The van der Waals surface area contributed by atoms with Gasteiger partial charge in [0.1, 0.15) is 5.54 Å². The number of ether oxygens (including phenoxy) is 2. The number of Topliss-reactive ketones (excluding diaryl/α,β-unsaturated/α-hetero) is 1. The Hall–Kier alpha value is -2.67. The summed E-state index contributed by atoms with van der Waals surface area (Å²) in [6.07, 6.45) is 4.42. The molecule has 2 rings (SSSR count). The van der Waals surface area contributed by atoms with Gasteiger partial charge in [0.05, 0.1) is 5.57 Å². The van der Waals surface area contributed by atoms with Gasteiger partial charge in [-0.3, -0.25) is 14.7 Å². The van der Waals surface area contributed by atoms with Gasteiger partial charge in [0.2, 0.25) is 6.79 Å². The minimum absolute atomic E-state index is 0.0931. The Kier molecular flexibility index (Phi) is 7.96. The zero-order valence-electron chi connectivity index (χ0n) is 16.8. The van der Waals surface area contributed by atoms with Gasteiger partial charge in [0.25, 0.3) is 0 Å². The number of esters is 1. The number of carbonyl (C=O) groups is 3. The number of hydrogen-bond donors (Lipinski definition) is 0. The SMILES string of the molecule is CC=N/C=C(/C)C(=O)OCOC(=O)N(C)C1(c2ccccc2Cl)CCCCC1=O. The number of nitrogens with zero attached hydrogens (tertiary/aromatic N) is 2. The highest BCUT2D eigenvalue weighted by Crippen LogP contribution is 2.42. The highest BCUT2D eigenvalue weighted by atomic mass is 35.5. The molecule has 8 heteroatoms. The Morgan fingerprint density at radius 1 is 1.28 bits per heavy atom. The van der Waals surface area contributed by atoms with E-state index in [0.717, 1.165) is 12.8 Å². The first-order valence-electron chi connectivity index (χ1n) is 9.35. The monoisotopic (exact) mass is 420 g/mol. The van der Waals surface area contributed by atoms with Gasteiger partial charge in [0.15, 0.2) is 5.78 Å². The summed E-state index contributed by atoms with van der Waals surface area (Å²) < 4.78 is 10.0. The van der Waals surface area contributed by atoms with E-state index in [4.69, 9.17) is 21.1 Å². The molecule has 1 fully saturated rings. The number of aliphatic imine (C=N–C) groups is 1. The third-order valence-corrected chi connectivity index (χ3v) is 5.26. The molecule has 1 aromatic carbocycles. The summed E-state index contributed by atoms with van der Waals surface area (Å²) in [5.74, 6) is -0.745. The van der Waals surface area contributed by atoms with E-state index in [1.165, 1.54) is 31.3 Å². The van der Waals surface area contributed by atoms with Crippen LogP contribution in [0.3, 0.4) is 0 Å². The molecular weight excluding hydrogens is 396 g/mol. The zero-order chi connectivity index (χ0) is 21.4. The van der Waals surface area contributed by atoms with Gasteiger partial charge in [-0.25, -0.2) is 9.59 Å². The van der Waals surface area contributed by atoms with Crippen molar-refractivity contribution in [2.75, 3.05) is 13.8 Å². The second-order valence-corrected chi connectivity index (χ2v) is 7.12. The van der Waals surface area contributed by atoms with Gasteiger partial charge < -0.3 is 9.47 Å². The minimum atomic E-state index is -1.21. The maximum absolute atomic E-state index is 13.0. The van der Waals surface area contributed by atoms with Gasteiger partial charge in [-0.2, -0.15) is 0 Å². The normalized spacial score (nSPS) is 19.9. The van der Waals surface area contributed by atoms with E-state index >= 15 is 0 Å². The lowest BCUT2D eigenvalue weighted by Crippen LogP contribution is -2.54. The topological polar surface area (TPSA) is 85.3 Å². The van der Waals surface area contributed by atoms with Gasteiger partial charge in [0, 0.05) is 36.5 Å². The van der Waals surface area contributed by atoms with Crippen molar-refractivity contribution in [2.45, 2.75) is 45.1 Å². The molecule has 29 heavy (non-hydrogen) atoms. The van der Waals surface area contributed by atoms with Gasteiger partial charge >= 0.3 is 12.1 Å². The first-order chi connectivity index (χ1) is 13.8. The van der Waals surface area contributed by atoms with Crippen LogP contribution in [0.5, 0.6) is 0 Å². The molecule has 0 bridgehead atoms. The molecule has 0 saturated heterocycles. The molecule has 0 radical (unpaired) electrons. The lowest BCUT2D eigenvalue weighted by atomic mass is 9.74. The molecule has 1 unspecified atom stereocenters. The van der Waals surface area contributed by atoms with Crippen LogP contribution >= 0.6 is 11.6 Å². The van der Waals surface area contributed by atoms with Crippen LogP contribution in [0.15, 0.2) is 41.0 Å². The van der Waals surface area contributed by atoms with Crippen LogP contribution in [0, 0.1) is 0 Å². The number of hydrogen-bond acceptors (Lipinski definition) is 6. The van der Waals surface area contributed by atoms with Crippen molar-refractivity contribution in [3.63, 3.8) is 0 Å². The van der Waals surface area contributed by atoms with Crippen molar-refractivity contribution in [3.8, 4) is 0 Å². The Balaban J connectivity index is 2.15. The number of rotatable bonds is 6. The standard InChI is InChI=1S/C21H25ClN2O5/c1-4-23-13-15(2)19(26)28-14-29-20(27)24(3)21(12-8-7-11-18(21)25)16-9-5-6-10-17(16)22/h4-6,9-10,13H,7-8,11-12,14H2,1-3H3/b15-13-,23-4?.